The van der Waals surface area contributed by atoms with E-state index in [0.717, 1.165) is 18.7 Å². The second-order valence-corrected chi connectivity index (χ2v) is 5.34. The third-order valence-corrected chi connectivity index (χ3v) is 3.89. The molecular weight excluding hydrogens is 264 g/mol. The first-order valence-electron chi connectivity index (χ1n) is 7.06. The van der Waals surface area contributed by atoms with Gasteiger partial charge in [0.2, 0.25) is 0 Å². The molecule has 1 aromatic carbocycles. The van der Waals surface area contributed by atoms with E-state index in [9.17, 15) is 4.79 Å². The van der Waals surface area contributed by atoms with Crippen LogP contribution in [0.3, 0.4) is 0 Å². The Morgan fingerprint density at radius 2 is 1.86 bits per heavy atom. The van der Waals surface area contributed by atoms with Crippen molar-refractivity contribution in [2.75, 3.05) is 12.4 Å². The Labute approximate surface area is 124 Å². The number of aryl methyl sites for hydroxylation is 1. The summed E-state index contributed by atoms with van der Waals surface area (Å²) in [7, 11) is 1.38. The van der Waals surface area contributed by atoms with Gasteiger partial charge >= 0.3 is 5.97 Å². The Balaban J connectivity index is 1.72. The molecule has 0 radical (unpaired) electrons. The van der Waals surface area contributed by atoms with E-state index in [4.69, 9.17) is 4.74 Å². The van der Waals surface area contributed by atoms with Crippen LogP contribution in [0.1, 0.15) is 27.2 Å². The van der Waals surface area contributed by atoms with Gasteiger partial charge in [-0.25, -0.2) is 9.78 Å². The number of anilines is 1. The molecule has 0 fully saturated rings. The summed E-state index contributed by atoms with van der Waals surface area (Å²) in [5, 5.41) is 3.45. The van der Waals surface area contributed by atoms with Gasteiger partial charge in [-0.15, -0.1) is 0 Å². The van der Waals surface area contributed by atoms with Gasteiger partial charge in [-0.1, -0.05) is 24.3 Å². The summed E-state index contributed by atoms with van der Waals surface area (Å²) in [5.74, 6) is 0.456. The van der Waals surface area contributed by atoms with Gasteiger partial charge < -0.3 is 10.1 Å². The van der Waals surface area contributed by atoms with E-state index in [-0.39, 0.29) is 5.97 Å². The molecule has 1 N–H and O–H groups in total. The number of aromatic nitrogens is 1. The summed E-state index contributed by atoms with van der Waals surface area (Å²) in [6.07, 6.45) is 2.02. The van der Waals surface area contributed by atoms with Crippen molar-refractivity contribution in [3.05, 3.63) is 58.8 Å². The molecule has 21 heavy (non-hydrogen) atoms. The topological polar surface area (TPSA) is 51.2 Å². The first-order chi connectivity index (χ1) is 10.2. The number of methoxy groups -OCH3 is 1. The fraction of sp³-hybridized carbons (Fsp3) is 0.294. The highest BCUT2D eigenvalue weighted by Crippen LogP contribution is 2.24. The van der Waals surface area contributed by atoms with Gasteiger partial charge in [0.1, 0.15) is 5.82 Å². The first kappa shape index (κ1) is 13.6. The number of carbonyl (C=O) groups is 1. The number of ether oxygens (including phenoxy) is 1. The average molecular weight is 282 g/mol. The lowest BCUT2D eigenvalue weighted by molar-refractivity contribution is 0.0599. The lowest BCUT2D eigenvalue weighted by Gasteiger charge is -2.14. The maximum absolute atomic E-state index is 11.6. The lowest BCUT2D eigenvalue weighted by atomic mass is 10.1. The zero-order chi connectivity index (χ0) is 14.8. The molecular formula is C17H18N2O2. The predicted molar refractivity (Wildman–Crippen MR) is 81.6 cm³/mol. The number of nitrogens with zero attached hydrogens (tertiary/aromatic N) is 1. The van der Waals surface area contributed by atoms with Gasteiger partial charge in [0.15, 0.2) is 0 Å². The van der Waals surface area contributed by atoms with Gasteiger partial charge in [0, 0.05) is 6.04 Å². The van der Waals surface area contributed by atoms with Crippen molar-refractivity contribution in [3.63, 3.8) is 0 Å². The molecule has 4 nitrogen and oxygen atoms in total. The van der Waals surface area contributed by atoms with Gasteiger partial charge in [-0.3, -0.25) is 0 Å². The number of esters is 1. The molecule has 108 valence electrons. The average Bonchev–Trinajstić information content (AvgIpc) is 2.88. The summed E-state index contributed by atoms with van der Waals surface area (Å²) in [6.45, 7) is 1.82. The Kier molecular flexibility index (Phi) is 3.60. The molecule has 2 aromatic rings. The lowest BCUT2D eigenvalue weighted by Crippen LogP contribution is -2.20. The minimum absolute atomic E-state index is 0.347. The van der Waals surface area contributed by atoms with Crippen LogP contribution in [0.25, 0.3) is 0 Å². The second-order valence-electron chi connectivity index (χ2n) is 5.34. The summed E-state index contributed by atoms with van der Waals surface area (Å²) in [6, 6.07) is 12.5. The SMILES string of the molecule is COC(=O)c1ccc(NC2Cc3ccccc3C2)nc1C. The van der Waals surface area contributed by atoms with Crippen molar-refractivity contribution in [2.45, 2.75) is 25.8 Å². The molecule has 0 saturated heterocycles. The highest BCUT2D eigenvalue weighted by Gasteiger charge is 2.21. The zero-order valence-corrected chi connectivity index (χ0v) is 12.2. The third kappa shape index (κ3) is 2.75. The fourth-order valence-corrected chi connectivity index (χ4v) is 2.84. The summed E-state index contributed by atoms with van der Waals surface area (Å²) < 4.78 is 4.73. The summed E-state index contributed by atoms with van der Waals surface area (Å²) in [5.41, 5.74) is 4.00. The van der Waals surface area contributed by atoms with E-state index in [1.807, 2.05) is 13.0 Å². The number of hydrogen-bond donors (Lipinski definition) is 1. The molecule has 1 heterocycles. The molecule has 1 aromatic heterocycles. The molecule has 0 amide bonds. The van der Waals surface area contributed by atoms with E-state index < -0.39 is 0 Å². The zero-order valence-electron chi connectivity index (χ0n) is 12.2. The normalized spacial score (nSPS) is 13.8. The van der Waals surface area contributed by atoms with Crippen LogP contribution in [0.2, 0.25) is 0 Å². The number of carbonyl (C=O) groups excluding carboxylic acids is 1. The van der Waals surface area contributed by atoms with Crippen LogP contribution in [-0.4, -0.2) is 24.1 Å². The largest absolute Gasteiger partial charge is 0.465 e. The predicted octanol–water partition coefficient (Wildman–Crippen LogP) is 2.76. The molecule has 0 spiro atoms. The minimum atomic E-state index is -0.347. The number of pyridine rings is 1. The summed E-state index contributed by atoms with van der Waals surface area (Å²) >= 11 is 0. The summed E-state index contributed by atoms with van der Waals surface area (Å²) in [4.78, 5) is 16.0. The number of hydrogen-bond acceptors (Lipinski definition) is 4. The number of nitrogens with one attached hydrogen (secondary N) is 1. The number of benzene rings is 1. The smallest absolute Gasteiger partial charge is 0.339 e. The Hall–Kier alpha value is -2.36. The van der Waals surface area contributed by atoms with Crippen LogP contribution in [0.5, 0.6) is 0 Å². The van der Waals surface area contributed by atoms with E-state index in [0.29, 0.717) is 17.3 Å². The monoisotopic (exact) mass is 282 g/mol. The Morgan fingerprint density at radius 3 is 2.43 bits per heavy atom. The van der Waals surface area contributed by atoms with Crippen LogP contribution < -0.4 is 5.32 Å². The van der Waals surface area contributed by atoms with Crippen molar-refractivity contribution in [2.24, 2.45) is 0 Å². The number of rotatable bonds is 3. The van der Waals surface area contributed by atoms with Crippen molar-refractivity contribution in [3.8, 4) is 0 Å². The van der Waals surface area contributed by atoms with Crippen molar-refractivity contribution in [1.82, 2.24) is 4.98 Å². The van der Waals surface area contributed by atoms with Crippen LogP contribution in [-0.2, 0) is 17.6 Å². The van der Waals surface area contributed by atoms with Gasteiger partial charge in [-0.2, -0.15) is 0 Å². The highest BCUT2D eigenvalue weighted by molar-refractivity contribution is 5.90. The second kappa shape index (κ2) is 5.56. The number of fused-ring (bicyclic) bond motifs is 1. The molecule has 4 heteroatoms. The molecule has 3 rings (SSSR count). The van der Waals surface area contributed by atoms with Crippen LogP contribution in [0.4, 0.5) is 5.82 Å². The first-order valence-corrected chi connectivity index (χ1v) is 7.06. The Bertz CT molecular complexity index is 657. The molecule has 0 saturated carbocycles. The van der Waals surface area contributed by atoms with E-state index >= 15 is 0 Å². The van der Waals surface area contributed by atoms with E-state index in [2.05, 4.69) is 34.6 Å². The van der Waals surface area contributed by atoms with Crippen LogP contribution in [0, 0.1) is 6.92 Å². The molecule has 0 bridgehead atoms. The van der Waals surface area contributed by atoms with Gasteiger partial charge in [0.05, 0.1) is 18.4 Å². The maximum Gasteiger partial charge on any atom is 0.339 e. The van der Waals surface area contributed by atoms with Crippen LogP contribution in [0.15, 0.2) is 36.4 Å². The van der Waals surface area contributed by atoms with Crippen molar-refractivity contribution < 1.29 is 9.53 Å². The van der Waals surface area contributed by atoms with E-state index in [1.165, 1.54) is 18.2 Å². The van der Waals surface area contributed by atoms with Gasteiger partial charge in [0.25, 0.3) is 0 Å². The standard InChI is InChI=1S/C17H18N2O2/c1-11-15(17(20)21-2)7-8-16(18-11)19-14-9-12-5-3-4-6-13(12)10-14/h3-8,14H,9-10H2,1-2H3,(H,18,19). The molecule has 0 aliphatic heterocycles. The fourth-order valence-electron chi connectivity index (χ4n) is 2.84. The van der Waals surface area contributed by atoms with Gasteiger partial charge in [-0.05, 0) is 43.0 Å². The minimum Gasteiger partial charge on any atom is -0.465 e. The van der Waals surface area contributed by atoms with Crippen molar-refractivity contribution >= 4 is 11.8 Å². The Morgan fingerprint density at radius 1 is 1.19 bits per heavy atom. The molecule has 1 aliphatic rings. The maximum atomic E-state index is 11.6. The molecule has 0 atom stereocenters. The third-order valence-electron chi connectivity index (χ3n) is 3.89. The molecule has 0 unspecified atom stereocenters. The quantitative estimate of drug-likeness (QED) is 0.879. The molecule has 1 aliphatic carbocycles. The van der Waals surface area contributed by atoms with E-state index in [1.54, 1.807) is 6.07 Å². The van der Waals surface area contributed by atoms with Crippen LogP contribution >= 0.6 is 0 Å². The highest BCUT2D eigenvalue weighted by atomic mass is 16.5. The van der Waals surface area contributed by atoms with Crippen molar-refractivity contribution in [1.29, 1.82) is 0 Å².